The van der Waals surface area contributed by atoms with Crippen molar-refractivity contribution in [3.05, 3.63) is 114 Å². The van der Waals surface area contributed by atoms with E-state index in [9.17, 15) is 9.90 Å². The zero-order valence-corrected chi connectivity index (χ0v) is 22.5. The van der Waals surface area contributed by atoms with Crippen molar-refractivity contribution in [2.24, 2.45) is 0 Å². The minimum Gasteiger partial charge on any atom is -0.392 e. The summed E-state index contributed by atoms with van der Waals surface area (Å²) < 4.78 is 13.0. The van der Waals surface area contributed by atoms with Gasteiger partial charge in [-0.2, -0.15) is 0 Å². The molecule has 3 aromatic carbocycles. The molecule has 4 aromatic rings. The van der Waals surface area contributed by atoms with Gasteiger partial charge in [0.1, 0.15) is 0 Å². The van der Waals surface area contributed by atoms with Gasteiger partial charge < -0.3 is 19.9 Å². The average Bonchev–Trinajstić information content (AvgIpc) is 2.99. The minimum absolute atomic E-state index is 0.00663. The largest absolute Gasteiger partial charge is 0.392 e. The van der Waals surface area contributed by atoms with E-state index in [0.717, 1.165) is 33.4 Å². The van der Waals surface area contributed by atoms with Crippen LogP contribution in [0, 0.1) is 0 Å². The Morgan fingerprint density at radius 3 is 2.41 bits per heavy atom. The number of carbonyl (C=O) groups excluding carboxylic acids is 1. The Morgan fingerprint density at radius 1 is 0.923 bits per heavy atom. The third-order valence-corrected chi connectivity index (χ3v) is 7.52. The molecule has 1 aliphatic heterocycles. The van der Waals surface area contributed by atoms with E-state index in [-0.39, 0.29) is 24.7 Å². The molecule has 1 aromatic heterocycles. The Hall–Kier alpha value is -3.56. The van der Waals surface area contributed by atoms with Gasteiger partial charge in [-0.3, -0.25) is 4.79 Å². The molecule has 0 bridgehead atoms. The number of aromatic nitrogens is 2. The number of amides is 1. The third kappa shape index (κ3) is 7.30. The highest BCUT2D eigenvalue weighted by atomic mass is 32.2. The molecule has 39 heavy (non-hydrogen) atoms. The van der Waals surface area contributed by atoms with E-state index in [0.29, 0.717) is 23.9 Å². The molecule has 0 saturated carbocycles. The predicted octanol–water partition coefficient (Wildman–Crippen LogP) is 5.61. The highest BCUT2D eigenvalue weighted by molar-refractivity contribution is 7.99. The first-order valence-corrected chi connectivity index (χ1v) is 13.9. The van der Waals surface area contributed by atoms with Crippen LogP contribution in [0.25, 0.3) is 11.1 Å². The lowest BCUT2D eigenvalue weighted by molar-refractivity contribution is -0.245. The van der Waals surface area contributed by atoms with Gasteiger partial charge in [0.25, 0.3) is 0 Å². The summed E-state index contributed by atoms with van der Waals surface area (Å²) in [6.07, 6.45) is 3.38. The molecule has 2 heterocycles. The molecule has 0 unspecified atom stereocenters. The number of nitrogens with zero attached hydrogens (tertiary/aromatic N) is 2. The van der Waals surface area contributed by atoms with Crippen molar-refractivity contribution in [1.82, 2.24) is 15.3 Å². The number of nitrogens with one attached hydrogen (secondary N) is 1. The molecule has 0 spiro atoms. The second-order valence-corrected chi connectivity index (χ2v) is 10.4. The molecule has 200 valence electrons. The zero-order chi connectivity index (χ0) is 27.0. The molecule has 7 nitrogen and oxygen atoms in total. The monoisotopic (exact) mass is 541 g/mol. The molecule has 5 rings (SSSR count). The van der Waals surface area contributed by atoms with E-state index in [4.69, 9.17) is 9.47 Å². The van der Waals surface area contributed by atoms with Crippen LogP contribution in [0.4, 0.5) is 0 Å². The molecule has 8 heteroatoms. The van der Waals surface area contributed by atoms with E-state index in [1.807, 2.05) is 48.5 Å². The predicted molar refractivity (Wildman–Crippen MR) is 151 cm³/mol. The Bertz CT molecular complexity index is 1380. The fraction of sp³-hybridized carbons (Fsp3) is 0.258. The second kappa shape index (κ2) is 13.0. The van der Waals surface area contributed by atoms with Crippen molar-refractivity contribution in [2.45, 2.75) is 50.2 Å². The summed E-state index contributed by atoms with van der Waals surface area (Å²) in [6, 6.07) is 26.0. The van der Waals surface area contributed by atoms with Crippen LogP contribution in [-0.2, 0) is 27.4 Å². The lowest BCUT2D eigenvalue weighted by Crippen LogP contribution is -2.31. The van der Waals surface area contributed by atoms with Crippen molar-refractivity contribution >= 4 is 17.7 Å². The Morgan fingerprint density at radius 2 is 1.67 bits per heavy atom. The number of aliphatic hydroxyl groups is 1. The topological polar surface area (TPSA) is 93.6 Å². The number of hydrogen-bond donors (Lipinski definition) is 2. The Balaban J connectivity index is 1.38. The maximum absolute atomic E-state index is 11.3. The van der Waals surface area contributed by atoms with Crippen LogP contribution in [0.15, 0.2) is 96.4 Å². The van der Waals surface area contributed by atoms with Crippen LogP contribution in [0.2, 0.25) is 0 Å². The van der Waals surface area contributed by atoms with E-state index in [1.54, 1.807) is 30.2 Å². The number of carbonyl (C=O) groups is 1. The number of thioether (sulfide) groups is 1. The van der Waals surface area contributed by atoms with E-state index in [2.05, 4.69) is 39.6 Å². The van der Waals surface area contributed by atoms with Gasteiger partial charge in [0.05, 0.1) is 18.8 Å². The normalized spacial score (nSPS) is 19.0. The molecule has 1 aliphatic rings. The first-order valence-electron chi connectivity index (χ1n) is 12.9. The van der Waals surface area contributed by atoms with Crippen molar-refractivity contribution in [2.75, 3.05) is 5.75 Å². The molecular formula is C31H31N3O4S. The zero-order valence-electron chi connectivity index (χ0n) is 21.7. The number of ether oxygens (including phenoxy) is 2. The summed E-state index contributed by atoms with van der Waals surface area (Å²) in [7, 11) is 0. The summed E-state index contributed by atoms with van der Waals surface area (Å²) in [4.78, 5) is 20.0. The summed E-state index contributed by atoms with van der Waals surface area (Å²) in [5, 5.41) is 13.0. The standard InChI is InChI=1S/C31H31N3O4S/c1-21(36)34-18-23-5-2-6-25(15-23)26-7-3-8-27(16-26)30-37-28(20-39-31-32-13-4-14-33-31)17-29(38-30)24-11-9-22(19-35)10-12-24/h2-16,28-30,35H,17-20H2,1H3,(H,34,36)/t28-,29+,30+/m0/s1. The lowest BCUT2D eigenvalue weighted by Gasteiger charge is -2.36. The fourth-order valence-electron chi connectivity index (χ4n) is 4.50. The van der Waals surface area contributed by atoms with Gasteiger partial charge >= 0.3 is 0 Å². The fourth-order valence-corrected chi connectivity index (χ4v) is 5.32. The molecule has 1 amide bonds. The maximum atomic E-state index is 11.3. The lowest BCUT2D eigenvalue weighted by atomic mass is 9.99. The number of hydrogen-bond acceptors (Lipinski definition) is 7. The first kappa shape index (κ1) is 27.0. The third-order valence-electron chi connectivity index (χ3n) is 6.52. The second-order valence-electron chi connectivity index (χ2n) is 9.43. The SMILES string of the molecule is CC(=O)NCc1cccc(-c2cccc([C@@H]3O[C@H](CSc4ncccn4)C[C@H](c4ccc(CO)cc4)O3)c2)c1. The van der Waals surface area contributed by atoms with Gasteiger partial charge in [0.2, 0.25) is 5.91 Å². The highest BCUT2D eigenvalue weighted by Crippen LogP contribution is 2.40. The first-order chi connectivity index (χ1) is 19.1. The van der Waals surface area contributed by atoms with Gasteiger partial charge in [0, 0.05) is 43.6 Å². The molecule has 3 atom stereocenters. The van der Waals surface area contributed by atoms with Crippen molar-refractivity contribution < 1.29 is 19.4 Å². The van der Waals surface area contributed by atoms with Crippen LogP contribution in [0.3, 0.4) is 0 Å². The van der Waals surface area contributed by atoms with Crippen molar-refractivity contribution in [3.63, 3.8) is 0 Å². The quantitative estimate of drug-likeness (QED) is 0.210. The molecular weight excluding hydrogens is 510 g/mol. The summed E-state index contributed by atoms with van der Waals surface area (Å²) in [5.74, 6) is 0.640. The van der Waals surface area contributed by atoms with E-state index in [1.165, 1.54) is 6.92 Å². The number of benzene rings is 3. The number of aliphatic hydroxyl groups excluding tert-OH is 1. The minimum atomic E-state index is -0.550. The van der Waals surface area contributed by atoms with Crippen molar-refractivity contribution in [1.29, 1.82) is 0 Å². The van der Waals surface area contributed by atoms with Crippen LogP contribution in [-0.4, -0.2) is 32.8 Å². The van der Waals surface area contributed by atoms with Gasteiger partial charge in [-0.1, -0.05) is 72.4 Å². The maximum Gasteiger partial charge on any atom is 0.217 e. The summed E-state index contributed by atoms with van der Waals surface area (Å²) in [6.45, 7) is 2.01. The molecule has 1 saturated heterocycles. The van der Waals surface area contributed by atoms with E-state index >= 15 is 0 Å². The summed E-state index contributed by atoms with van der Waals surface area (Å²) >= 11 is 1.57. The van der Waals surface area contributed by atoms with E-state index < -0.39 is 6.29 Å². The van der Waals surface area contributed by atoms with Gasteiger partial charge in [-0.25, -0.2) is 9.97 Å². The highest BCUT2D eigenvalue weighted by Gasteiger charge is 2.32. The Kier molecular flexibility index (Phi) is 9.00. The number of rotatable bonds is 9. The van der Waals surface area contributed by atoms with Gasteiger partial charge in [-0.05, 0) is 46.0 Å². The molecule has 0 radical (unpaired) electrons. The van der Waals surface area contributed by atoms with Crippen LogP contribution in [0.5, 0.6) is 0 Å². The van der Waals surface area contributed by atoms with Crippen molar-refractivity contribution in [3.8, 4) is 11.1 Å². The Labute approximate surface area is 232 Å². The van der Waals surface area contributed by atoms with Crippen LogP contribution in [0.1, 0.15) is 48.0 Å². The smallest absolute Gasteiger partial charge is 0.217 e. The van der Waals surface area contributed by atoms with Gasteiger partial charge in [-0.15, -0.1) is 0 Å². The molecule has 0 aliphatic carbocycles. The molecule has 1 fully saturated rings. The summed E-state index contributed by atoms with van der Waals surface area (Å²) in [5.41, 5.74) is 5.98. The van der Waals surface area contributed by atoms with Crippen LogP contribution < -0.4 is 5.32 Å². The van der Waals surface area contributed by atoms with Gasteiger partial charge in [0.15, 0.2) is 11.4 Å². The molecule has 2 N–H and O–H groups in total. The van der Waals surface area contributed by atoms with Crippen LogP contribution >= 0.6 is 11.8 Å². The average molecular weight is 542 g/mol.